The second-order valence-electron chi connectivity index (χ2n) is 6.11. The van der Waals surface area contributed by atoms with Crippen molar-refractivity contribution in [3.63, 3.8) is 0 Å². The molecular weight excluding hydrogens is 284 g/mol. The smallest absolute Gasteiger partial charge is 0.195 e. The van der Waals surface area contributed by atoms with E-state index in [1.54, 1.807) is 11.3 Å². The molecule has 0 saturated heterocycles. The molecule has 21 heavy (non-hydrogen) atoms. The zero-order valence-electron chi connectivity index (χ0n) is 12.7. The predicted octanol–water partition coefficient (Wildman–Crippen LogP) is 2.10. The number of nitrogens with one attached hydrogen (secondary N) is 1. The average molecular weight is 308 g/mol. The van der Waals surface area contributed by atoms with Crippen LogP contribution in [-0.4, -0.2) is 40.2 Å². The van der Waals surface area contributed by atoms with Crippen molar-refractivity contribution in [1.82, 2.24) is 14.7 Å². The van der Waals surface area contributed by atoms with Gasteiger partial charge in [0.2, 0.25) is 0 Å². The van der Waals surface area contributed by atoms with E-state index in [-0.39, 0.29) is 6.61 Å². The fourth-order valence-electron chi connectivity index (χ4n) is 2.65. The van der Waals surface area contributed by atoms with Gasteiger partial charge in [0.1, 0.15) is 0 Å². The second-order valence-corrected chi connectivity index (χ2v) is 6.98. The summed E-state index contributed by atoms with van der Waals surface area (Å²) in [6.07, 6.45) is 4.51. The van der Waals surface area contributed by atoms with Crippen LogP contribution in [0.4, 0.5) is 5.82 Å². The lowest BCUT2D eigenvalue weighted by atomic mass is 10.2. The van der Waals surface area contributed by atoms with Gasteiger partial charge in [0.25, 0.3) is 0 Å². The molecule has 2 N–H and O–H groups in total. The fourth-order valence-corrected chi connectivity index (χ4v) is 3.38. The van der Waals surface area contributed by atoms with Crippen LogP contribution in [0.15, 0.2) is 11.6 Å². The molecule has 0 radical (unpaired) electrons. The molecule has 2 aromatic rings. The summed E-state index contributed by atoms with van der Waals surface area (Å²) in [5, 5.41) is 14.9. The normalized spacial score (nSPS) is 15.2. The molecule has 1 saturated carbocycles. The number of thiazole rings is 1. The summed E-state index contributed by atoms with van der Waals surface area (Å²) in [4.78, 5) is 8.13. The maximum atomic E-state index is 9.35. The zero-order chi connectivity index (χ0) is 14.8. The van der Waals surface area contributed by atoms with Gasteiger partial charge in [-0.1, -0.05) is 13.8 Å². The molecule has 2 heterocycles. The van der Waals surface area contributed by atoms with E-state index in [0.717, 1.165) is 23.9 Å². The maximum absolute atomic E-state index is 9.35. The quantitative estimate of drug-likeness (QED) is 0.784. The number of nitrogens with zero attached hydrogens (tertiary/aromatic N) is 3. The third-order valence-electron chi connectivity index (χ3n) is 3.79. The summed E-state index contributed by atoms with van der Waals surface area (Å²) in [5.41, 5.74) is 1.22. The highest BCUT2D eigenvalue weighted by atomic mass is 32.1. The molecule has 0 aromatic carbocycles. The highest BCUT2D eigenvalue weighted by Crippen LogP contribution is 2.34. The first-order valence-electron chi connectivity index (χ1n) is 7.73. The zero-order valence-corrected chi connectivity index (χ0v) is 13.6. The van der Waals surface area contributed by atoms with Crippen molar-refractivity contribution >= 4 is 22.1 Å². The van der Waals surface area contributed by atoms with Gasteiger partial charge in [-0.05, 0) is 25.3 Å². The SMILES string of the molecule is CC(C)CNCc1c(N(CCO)C2CC2)nc2sccn12. The Morgan fingerprint density at radius 2 is 2.33 bits per heavy atom. The number of aromatic nitrogens is 2. The van der Waals surface area contributed by atoms with Gasteiger partial charge in [-0.25, -0.2) is 4.98 Å². The number of aliphatic hydroxyl groups is 1. The van der Waals surface area contributed by atoms with Crippen LogP contribution in [-0.2, 0) is 6.54 Å². The Morgan fingerprint density at radius 1 is 1.52 bits per heavy atom. The molecule has 0 spiro atoms. The van der Waals surface area contributed by atoms with Gasteiger partial charge in [0, 0.05) is 30.7 Å². The summed E-state index contributed by atoms with van der Waals surface area (Å²) in [6.45, 7) is 7.10. The fraction of sp³-hybridized carbons (Fsp3) is 0.667. The molecule has 1 fully saturated rings. The van der Waals surface area contributed by atoms with E-state index in [2.05, 4.69) is 40.0 Å². The molecule has 0 unspecified atom stereocenters. The van der Waals surface area contributed by atoms with Gasteiger partial charge in [0.15, 0.2) is 10.8 Å². The van der Waals surface area contributed by atoms with Crippen LogP contribution < -0.4 is 10.2 Å². The molecule has 1 aliphatic carbocycles. The van der Waals surface area contributed by atoms with Crippen LogP contribution in [0.1, 0.15) is 32.4 Å². The van der Waals surface area contributed by atoms with Crippen LogP contribution in [0, 0.1) is 5.92 Å². The van der Waals surface area contributed by atoms with Gasteiger partial charge in [-0.15, -0.1) is 11.3 Å². The largest absolute Gasteiger partial charge is 0.395 e. The maximum Gasteiger partial charge on any atom is 0.195 e. The summed E-state index contributed by atoms with van der Waals surface area (Å²) in [5.74, 6) is 1.69. The molecule has 0 amide bonds. The van der Waals surface area contributed by atoms with E-state index in [0.29, 0.717) is 18.5 Å². The van der Waals surface area contributed by atoms with Gasteiger partial charge < -0.3 is 15.3 Å². The van der Waals surface area contributed by atoms with E-state index < -0.39 is 0 Å². The van der Waals surface area contributed by atoms with Gasteiger partial charge in [0.05, 0.1) is 12.3 Å². The summed E-state index contributed by atoms with van der Waals surface area (Å²) < 4.78 is 2.18. The molecule has 0 atom stereocenters. The van der Waals surface area contributed by atoms with Crippen molar-refractivity contribution in [2.45, 2.75) is 39.3 Å². The Hall–Kier alpha value is -1.11. The lowest BCUT2D eigenvalue weighted by Gasteiger charge is -2.22. The number of aliphatic hydroxyl groups excluding tert-OH is 1. The van der Waals surface area contributed by atoms with E-state index in [1.807, 2.05) is 0 Å². The Kier molecular flexibility index (Phi) is 4.47. The molecule has 0 aliphatic heterocycles. The van der Waals surface area contributed by atoms with Crippen LogP contribution in [0.25, 0.3) is 4.96 Å². The Morgan fingerprint density at radius 3 is 3.00 bits per heavy atom. The van der Waals surface area contributed by atoms with Crippen molar-refractivity contribution in [3.8, 4) is 0 Å². The molecular formula is C15H24N4OS. The minimum Gasteiger partial charge on any atom is -0.395 e. The summed E-state index contributed by atoms with van der Waals surface area (Å²) in [7, 11) is 0. The molecule has 6 heteroatoms. The number of fused-ring (bicyclic) bond motifs is 1. The molecule has 5 nitrogen and oxygen atoms in total. The van der Waals surface area contributed by atoms with Crippen LogP contribution in [0.2, 0.25) is 0 Å². The second kappa shape index (κ2) is 6.34. The highest BCUT2D eigenvalue weighted by molar-refractivity contribution is 7.15. The first kappa shape index (κ1) is 14.8. The van der Waals surface area contributed by atoms with Crippen molar-refractivity contribution in [2.75, 3.05) is 24.6 Å². The Labute approximate surface area is 129 Å². The monoisotopic (exact) mass is 308 g/mol. The minimum absolute atomic E-state index is 0.181. The van der Waals surface area contributed by atoms with Crippen molar-refractivity contribution in [1.29, 1.82) is 0 Å². The van der Waals surface area contributed by atoms with Crippen molar-refractivity contribution in [3.05, 3.63) is 17.3 Å². The Balaban J connectivity index is 1.86. The minimum atomic E-state index is 0.181. The number of rotatable bonds is 8. The van der Waals surface area contributed by atoms with Gasteiger partial charge >= 0.3 is 0 Å². The number of hydrogen-bond donors (Lipinski definition) is 2. The topological polar surface area (TPSA) is 52.8 Å². The van der Waals surface area contributed by atoms with Crippen LogP contribution in [0.3, 0.4) is 0 Å². The molecule has 0 bridgehead atoms. The van der Waals surface area contributed by atoms with Gasteiger partial charge in [-0.2, -0.15) is 0 Å². The highest BCUT2D eigenvalue weighted by Gasteiger charge is 2.32. The number of hydrogen-bond acceptors (Lipinski definition) is 5. The van der Waals surface area contributed by atoms with E-state index in [4.69, 9.17) is 4.98 Å². The molecule has 3 rings (SSSR count). The average Bonchev–Trinajstić information content (AvgIpc) is 3.08. The lowest BCUT2D eigenvalue weighted by molar-refractivity contribution is 0.301. The van der Waals surface area contributed by atoms with Crippen LogP contribution in [0.5, 0.6) is 0 Å². The Bertz CT molecular complexity index is 588. The number of imidazole rings is 1. The first-order valence-corrected chi connectivity index (χ1v) is 8.61. The molecule has 116 valence electrons. The van der Waals surface area contributed by atoms with E-state index >= 15 is 0 Å². The first-order chi connectivity index (χ1) is 10.2. The third-order valence-corrected chi connectivity index (χ3v) is 4.54. The van der Waals surface area contributed by atoms with E-state index in [9.17, 15) is 5.11 Å². The van der Waals surface area contributed by atoms with E-state index in [1.165, 1.54) is 18.5 Å². The number of anilines is 1. The lowest BCUT2D eigenvalue weighted by Crippen LogP contribution is -2.31. The van der Waals surface area contributed by atoms with Crippen molar-refractivity contribution in [2.24, 2.45) is 5.92 Å². The predicted molar refractivity (Wildman–Crippen MR) is 87.1 cm³/mol. The molecule has 1 aliphatic rings. The van der Waals surface area contributed by atoms with Gasteiger partial charge in [-0.3, -0.25) is 4.40 Å². The van der Waals surface area contributed by atoms with Crippen molar-refractivity contribution < 1.29 is 5.11 Å². The standard InChI is InChI=1S/C15H24N4OS/c1-11(2)9-16-10-13-14(17-15-19(13)6-8-21-15)18(5-7-20)12-3-4-12/h6,8,11-12,16,20H,3-5,7,9-10H2,1-2H3. The van der Waals surface area contributed by atoms with Crippen LogP contribution >= 0.6 is 11.3 Å². The summed E-state index contributed by atoms with van der Waals surface area (Å²) in [6, 6.07) is 0.561. The summed E-state index contributed by atoms with van der Waals surface area (Å²) >= 11 is 1.66. The third kappa shape index (κ3) is 3.22. The molecule has 2 aromatic heterocycles.